The molecule has 0 fully saturated rings. The first-order valence-electron chi connectivity index (χ1n) is 5.36. The maximum absolute atomic E-state index is 11.3. The molecule has 0 radical (unpaired) electrons. The van der Waals surface area contributed by atoms with Crippen molar-refractivity contribution < 1.29 is 38.2 Å². The number of aliphatic hydroxyl groups is 1. The fourth-order valence-corrected chi connectivity index (χ4v) is 3.89. The molecular weight excluding hydrogens is 310 g/mol. The van der Waals surface area contributed by atoms with E-state index >= 15 is 0 Å². The summed E-state index contributed by atoms with van der Waals surface area (Å²) in [5.41, 5.74) is 0.663. The molecule has 0 saturated heterocycles. The number of aromatic amines is 1. The quantitative estimate of drug-likeness (QED) is 0.321. The van der Waals surface area contributed by atoms with Gasteiger partial charge in [-0.15, -0.1) is 0 Å². The van der Waals surface area contributed by atoms with Gasteiger partial charge in [0, 0.05) is 6.07 Å². The number of fused-ring (bicyclic) bond motifs is 1. The van der Waals surface area contributed by atoms with E-state index in [0.717, 1.165) is 0 Å². The average Bonchev–Trinajstić information content (AvgIpc) is 2.70. The summed E-state index contributed by atoms with van der Waals surface area (Å²) in [6, 6.07) is 4.98. The third-order valence-electron chi connectivity index (χ3n) is 2.91. The lowest BCUT2D eigenvalue weighted by Crippen LogP contribution is -2.36. The van der Waals surface area contributed by atoms with Gasteiger partial charge in [0.2, 0.25) is 0 Å². The summed E-state index contributed by atoms with van der Waals surface area (Å²) in [7, 11) is -10.9. The van der Waals surface area contributed by atoms with E-state index in [4.69, 9.17) is 19.6 Å². The SMILES string of the molecule is O=P(O)(O)C(O)(Cc1c[nH]c2cccc[n+]12)P(=O)(O)O. The number of imidazole rings is 1. The van der Waals surface area contributed by atoms with Crippen molar-refractivity contribution >= 4 is 20.8 Å². The monoisotopic (exact) mass is 323 g/mol. The lowest BCUT2D eigenvalue weighted by Gasteiger charge is -2.27. The molecule has 0 aliphatic rings. The number of aromatic nitrogens is 2. The second kappa shape index (κ2) is 4.75. The van der Waals surface area contributed by atoms with Gasteiger partial charge in [0.05, 0.1) is 12.6 Å². The Labute approximate surface area is 112 Å². The average molecular weight is 323 g/mol. The Morgan fingerprint density at radius 1 is 1.15 bits per heavy atom. The largest absolute Gasteiger partial charge is 0.369 e. The van der Waals surface area contributed by atoms with E-state index in [9.17, 15) is 14.2 Å². The van der Waals surface area contributed by atoms with E-state index in [1.807, 2.05) is 0 Å². The number of hydrogen-bond donors (Lipinski definition) is 6. The zero-order valence-corrected chi connectivity index (χ0v) is 11.8. The molecule has 0 spiro atoms. The first-order chi connectivity index (χ1) is 9.06. The van der Waals surface area contributed by atoms with Crippen molar-refractivity contribution in [3.8, 4) is 0 Å². The van der Waals surface area contributed by atoms with E-state index in [1.165, 1.54) is 16.8 Å². The van der Waals surface area contributed by atoms with Crippen LogP contribution in [-0.2, 0) is 15.6 Å². The van der Waals surface area contributed by atoms with Gasteiger partial charge in [-0.3, -0.25) is 9.13 Å². The summed E-state index contributed by atoms with van der Waals surface area (Å²) >= 11 is 0. The van der Waals surface area contributed by atoms with Crippen molar-refractivity contribution in [3.63, 3.8) is 0 Å². The number of H-pyrrole nitrogens is 1. The van der Waals surface area contributed by atoms with Crippen LogP contribution in [0.4, 0.5) is 0 Å². The topological polar surface area (TPSA) is 155 Å². The van der Waals surface area contributed by atoms with Crippen LogP contribution in [0.3, 0.4) is 0 Å². The Balaban J connectivity index is 2.55. The fraction of sp³-hybridized carbons (Fsp3) is 0.222. The smallest absolute Gasteiger partial charge is 0.367 e. The van der Waals surface area contributed by atoms with Gasteiger partial charge in [0.1, 0.15) is 6.20 Å². The van der Waals surface area contributed by atoms with Crippen LogP contribution in [0, 0.1) is 0 Å². The molecule has 2 heterocycles. The van der Waals surface area contributed by atoms with Gasteiger partial charge in [-0.05, 0) is 6.07 Å². The second-order valence-corrected chi connectivity index (χ2v) is 8.28. The Kier molecular flexibility index (Phi) is 3.64. The van der Waals surface area contributed by atoms with Crippen LogP contribution in [0.5, 0.6) is 0 Å². The molecule has 2 aromatic rings. The predicted octanol–water partition coefficient (Wildman–Crippen LogP) is -0.703. The summed E-state index contributed by atoms with van der Waals surface area (Å²) < 4.78 is 24.0. The Bertz CT molecular complexity index is 709. The molecule has 9 nitrogen and oxygen atoms in total. The highest BCUT2D eigenvalue weighted by Gasteiger charge is 2.60. The Hall–Kier alpha value is -1.05. The summed E-state index contributed by atoms with van der Waals surface area (Å²) in [5, 5.41) is 6.40. The fourth-order valence-electron chi connectivity index (χ4n) is 1.79. The lowest BCUT2D eigenvalue weighted by atomic mass is 10.3. The minimum atomic E-state index is -5.46. The molecule has 0 bridgehead atoms. The summed E-state index contributed by atoms with van der Waals surface area (Å²) in [5.74, 6) is 0. The third kappa shape index (κ3) is 2.45. The highest BCUT2D eigenvalue weighted by Crippen LogP contribution is 2.68. The summed E-state index contributed by atoms with van der Waals surface area (Å²) in [6.07, 6.45) is 1.93. The molecule has 0 amide bonds. The van der Waals surface area contributed by atoms with Crippen LogP contribution in [0.15, 0.2) is 30.6 Å². The van der Waals surface area contributed by atoms with Crippen molar-refractivity contribution in [2.75, 3.05) is 0 Å². The van der Waals surface area contributed by atoms with Gasteiger partial charge < -0.3 is 24.7 Å². The number of hydrogen-bond acceptors (Lipinski definition) is 3. The maximum atomic E-state index is 11.3. The van der Waals surface area contributed by atoms with E-state index < -0.39 is 26.7 Å². The lowest BCUT2D eigenvalue weighted by molar-refractivity contribution is -0.520. The van der Waals surface area contributed by atoms with Crippen molar-refractivity contribution in [1.29, 1.82) is 0 Å². The van der Waals surface area contributed by atoms with Crippen LogP contribution in [0.1, 0.15) is 5.69 Å². The molecule has 0 unspecified atom stereocenters. The molecule has 0 aliphatic carbocycles. The highest BCUT2D eigenvalue weighted by molar-refractivity contribution is 7.72. The molecular formula is C9H13N2O7P2+. The first kappa shape index (κ1) is 15.3. The number of nitrogens with one attached hydrogen (secondary N) is 1. The van der Waals surface area contributed by atoms with E-state index in [0.29, 0.717) is 5.65 Å². The minimum absolute atomic E-state index is 0.120. The molecule has 11 heteroatoms. The molecule has 0 aromatic carbocycles. The first-order valence-corrected chi connectivity index (χ1v) is 8.59. The number of pyridine rings is 1. The van der Waals surface area contributed by atoms with Crippen LogP contribution >= 0.6 is 15.2 Å². The molecule has 20 heavy (non-hydrogen) atoms. The third-order valence-corrected chi connectivity index (χ3v) is 6.65. The molecule has 0 atom stereocenters. The van der Waals surface area contributed by atoms with E-state index in [1.54, 1.807) is 18.2 Å². The highest BCUT2D eigenvalue weighted by atomic mass is 31.2. The second-order valence-electron chi connectivity index (χ2n) is 4.28. The maximum Gasteiger partial charge on any atom is 0.369 e. The Morgan fingerprint density at radius 3 is 2.30 bits per heavy atom. The van der Waals surface area contributed by atoms with Crippen molar-refractivity contribution in [3.05, 3.63) is 36.3 Å². The van der Waals surface area contributed by atoms with Crippen LogP contribution < -0.4 is 4.40 Å². The molecule has 2 rings (SSSR count). The Morgan fingerprint density at radius 2 is 1.75 bits per heavy atom. The van der Waals surface area contributed by atoms with Gasteiger partial charge in [0.25, 0.3) is 10.7 Å². The van der Waals surface area contributed by atoms with Crippen molar-refractivity contribution in [1.82, 2.24) is 4.98 Å². The molecule has 2 aromatic heterocycles. The van der Waals surface area contributed by atoms with Gasteiger partial charge in [-0.2, -0.15) is 4.40 Å². The molecule has 6 N–H and O–H groups in total. The van der Waals surface area contributed by atoms with Gasteiger partial charge >= 0.3 is 15.2 Å². The van der Waals surface area contributed by atoms with Crippen LogP contribution in [0.2, 0.25) is 0 Å². The minimum Gasteiger partial charge on any atom is -0.367 e. The van der Waals surface area contributed by atoms with Gasteiger partial charge in [0.15, 0.2) is 5.69 Å². The van der Waals surface area contributed by atoms with E-state index in [2.05, 4.69) is 4.98 Å². The molecule has 110 valence electrons. The zero-order chi connectivity index (χ0) is 15.2. The normalized spacial score (nSPS) is 13.8. The van der Waals surface area contributed by atoms with Crippen molar-refractivity contribution in [2.24, 2.45) is 0 Å². The molecule has 0 saturated carbocycles. The van der Waals surface area contributed by atoms with Gasteiger partial charge in [-0.1, -0.05) is 6.07 Å². The molecule has 0 aliphatic heterocycles. The summed E-state index contributed by atoms with van der Waals surface area (Å²) in [6.45, 7) is 0. The zero-order valence-electron chi connectivity index (χ0n) is 9.99. The summed E-state index contributed by atoms with van der Waals surface area (Å²) in [4.78, 5) is 39.1. The number of rotatable bonds is 4. The van der Waals surface area contributed by atoms with Crippen LogP contribution in [-0.4, -0.2) is 34.7 Å². The van der Waals surface area contributed by atoms with E-state index in [-0.39, 0.29) is 5.69 Å². The number of nitrogens with zero attached hydrogens (tertiary/aromatic N) is 1. The van der Waals surface area contributed by atoms with Gasteiger partial charge in [-0.25, -0.2) is 4.98 Å². The van der Waals surface area contributed by atoms with Crippen LogP contribution in [0.25, 0.3) is 5.65 Å². The predicted molar refractivity (Wildman–Crippen MR) is 66.7 cm³/mol. The standard InChI is InChI=1S/C9H12N2O7P2/c12-9(19(13,14)15,20(16,17)18)5-7-6-10-8-3-1-2-4-11(7)8/h1-4,6,12H,5H2,(H4,13,14,15,16,17,18)/p+1. The van der Waals surface area contributed by atoms with Crippen molar-refractivity contribution in [2.45, 2.75) is 11.5 Å².